The number of fused-ring (bicyclic) bond motifs is 3. The molecule has 1 aromatic rings. The minimum absolute atomic E-state index is 0.0121. The highest BCUT2D eigenvalue weighted by atomic mass is 16.2. The molecule has 3 unspecified atom stereocenters. The van der Waals surface area contributed by atoms with Crippen molar-refractivity contribution in [2.75, 3.05) is 26.2 Å². The predicted molar refractivity (Wildman–Crippen MR) is 127 cm³/mol. The summed E-state index contributed by atoms with van der Waals surface area (Å²) in [5.41, 5.74) is 4.35. The molecule has 1 aromatic carbocycles. The van der Waals surface area contributed by atoms with Crippen LogP contribution >= 0.6 is 0 Å². The summed E-state index contributed by atoms with van der Waals surface area (Å²) in [4.78, 5) is 32.6. The minimum atomic E-state index is -0.259. The van der Waals surface area contributed by atoms with Gasteiger partial charge >= 0.3 is 0 Å². The highest BCUT2D eigenvalue weighted by molar-refractivity contribution is 5.91. The van der Waals surface area contributed by atoms with Crippen LogP contribution in [0.4, 0.5) is 0 Å². The molecule has 3 aliphatic heterocycles. The van der Waals surface area contributed by atoms with Gasteiger partial charge in [0.2, 0.25) is 11.8 Å². The first-order valence-corrected chi connectivity index (χ1v) is 12.6. The number of rotatable bonds is 8. The van der Waals surface area contributed by atoms with Gasteiger partial charge in [0.15, 0.2) is 6.29 Å². The Bertz CT molecular complexity index is 869. The smallest absolute Gasteiger partial charge is 0.231 e. The van der Waals surface area contributed by atoms with Crippen molar-refractivity contribution in [1.29, 1.82) is 0 Å². The van der Waals surface area contributed by atoms with Crippen molar-refractivity contribution in [3.63, 3.8) is 0 Å². The van der Waals surface area contributed by atoms with Crippen LogP contribution in [0.25, 0.3) is 0 Å². The Labute approximate surface area is 196 Å². The second-order valence-corrected chi connectivity index (χ2v) is 9.75. The molecule has 3 heterocycles. The molecule has 2 saturated heterocycles. The molecule has 3 fully saturated rings. The molecule has 2 N–H and O–H groups in total. The van der Waals surface area contributed by atoms with E-state index < -0.39 is 0 Å². The predicted octanol–water partition coefficient (Wildman–Crippen LogP) is 2.08. The maximum Gasteiger partial charge on any atom is 0.231 e. The number of likely N-dealkylation sites (tertiary alicyclic amines) is 1. The van der Waals surface area contributed by atoms with Gasteiger partial charge in [-0.1, -0.05) is 43.2 Å². The fraction of sp³-hybridized carbons (Fsp3) is 0.640. The molecule has 8 heteroatoms. The van der Waals surface area contributed by atoms with E-state index in [1.165, 1.54) is 12.8 Å². The van der Waals surface area contributed by atoms with E-state index in [-0.39, 0.29) is 30.1 Å². The molecule has 0 radical (unpaired) electrons. The van der Waals surface area contributed by atoms with Crippen molar-refractivity contribution in [1.82, 2.24) is 25.4 Å². The van der Waals surface area contributed by atoms with Crippen molar-refractivity contribution >= 4 is 17.6 Å². The molecule has 1 saturated carbocycles. The van der Waals surface area contributed by atoms with Crippen LogP contribution in [0.2, 0.25) is 0 Å². The number of carbonyl (C=O) groups excluding carboxylic acids is 2. The number of hydrogen-bond acceptors (Lipinski definition) is 6. The van der Waals surface area contributed by atoms with Gasteiger partial charge in [0, 0.05) is 38.5 Å². The van der Waals surface area contributed by atoms with Crippen LogP contribution in [0.1, 0.15) is 56.9 Å². The number of carbonyl (C=O) groups is 2. The molecule has 5 rings (SSSR count). The number of nitrogens with one attached hydrogen (secondary N) is 2. The maximum atomic E-state index is 13.4. The molecule has 0 spiro atoms. The number of hydrazone groups is 1. The van der Waals surface area contributed by atoms with Crippen LogP contribution in [0.5, 0.6) is 0 Å². The number of hydrogen-bond donors (Lipinski definition) is 2. The molecule has 8 nitrogen and oxygen atoms in total. The summed E-state index contributed by atoms with van der Waals surface area (Å²) in [5, 5.41) is 7.69. The zero-order chi connectivity index (χ0) is 22.6. The molecule has 4 aliphatic rings. The van der Waals surface area contributed by atoms with Crippen LogP contribution in [-0.4, -0.2) is 70.9 Å². The van der Waals surface area contributed by atoms with Crippen molar-refractivity contribution in [3.05, 3.63) is 35.9 Å². The van der Waals surface area contributed by atoms with Gasteiger partial charge in [-0.3, -0.25) is 19.9 Å². The third-order valence-electron chi connectivity index (χ3n) is 7.57. The summed E-state index contributed by atoms with van der Waals surface area (Å²) in [6, 6.07) is 10.3. The lowest BCUT2D eigenvalue weighted by Crippen LogP contribution is -2.67. The first-order valence-electron chi connectivity index (χ1n) is 12.6. The zero-order valence-corrected chi connectivity index (χ0v) is 19.4. The lowest BCUT2D eigenvalue weighted by atomic mass is 9.80. The molecule has 3 atom stereocenters. The van der Waals surface area contributed by atoms with E-state index in [2.05, 4.69) is 37.8 Å². The lowest BCUT2D eigenvalue weighted by molar-refractivity contribution is -0.156. The first kappa shape index (κ1) is 22.2. The molecular formula is C25H36N6O2. The Morgan fingerprint density at radius 3 is 2.70 bits per heavy atom. The topological polar surface area (TPSA) is 80.3 Å². The number of nitrogens with zero attached hydrogens (tertiary/aromatic N) is 4. The molecule has 33 heavy (non-hydrogen) atoms. The van der Waals surface area contributed by atoms with Gasteiger partial charge in [-0.25, -0.2) is 0 Å². The van der Waals surface area contributed by atoms with Gasteiger partial charge < -0.3 is 15.1 Å². The summed E-state index contributed by atoms with van der Waals surface area (Å²) in [6.07, 6.45) is 7.48. The standard InChI is InChI=1S/C25H36N6O2/c32-23(26-14-17-29-15-6-7-16-29)13-12-22-27-28-25-30(18-19-8-2-1-3-9-19)24(33)20-10-4-5-11-21(20)31(22)25/h1-3,8-9,20-21,25,28H,4-7,10-18H2,(H,26,32). The van der Waals surface area contributed by atoms with E-state index in [0.717, 1.165) is 56.7 Å². The fourth-order valence-corrected chi connectivity index (χ4v) is 5.85. The van der Waals surface area contributed by atoms with Crippen LogP contribution in [0, 0.1) is 5.92 Å². The molecule has 0 bridgehead atoms. The average molecular weight is 453 g/mol. The Kier molecular flexibility index (Phi) is 6.80. The highest BCUT2D eigenvalue weighted by Gasteiger charge is 2.50. The van der Waals surface area contributed by atoms with Gasteiger partial charge in [-0.2, -0.15) is 5.10 Å². The maximum absolute atomic E-state index is 13.4. The van der Waals surface area contributed by atoms with Gasteiger partial charge in [0.25, 0.3) is 0 Å². The van der Waals surface area contributed by atoms with E-state index >= 15 is 0 Å². The van der Waals surface area contributed by atoms with E-state index in [1.54, 1.807) is 0 Å². The molecule has 178 valence electrons. The van der Waals surface area contributed by atoms with Crippen LogP contribution < -0.4 is 10.7 Å². The van der Waals surface area contributed by atoms with Crippen molar-refractivity contribution in [3.8, 4) is 0 Å². The van der Waals surface area contributed by atoms with Crippen LogP contribution in [-0.2, 0) is 16.1 Å². The van der Waals surface area contributed by atoms with Crippen LogP contribution in [0.15, 0.2) is 35.4 Å². The average Bonchev–Trinajstić information content (AvgIpc) is 3.51. The van der Waals surface area contributed by atoms with Crippen molar-refractivity contribution in [2.45, 2.75) is 70.2 Å². The first-order chi connectivity index (χ1) is 16.2. The van der Waals surface area contributed by atoms with E-state index in [1.807, 2.05) is 23.1 Å². The van der Waals surface area contributed by atoms with Gasteiger partial charge in [-0.05, 0) is 44.3 Å². The number of amides is 2. The summed E-state index contributed by atoms with van der Waals surface area (Å²) in [5.74, 6) is 1.23. The normalized spacial score (nSPS) is 27.1. The summed E-state index contributed by atoms with van der Waals surface area (Å²) >= 11 is 0. The van der Waals surface area contributed by atoms with Crippen molar-refractivity contribution < 1.29 is 9.59 Å². The summed E-state index contributed by atoms with van der Waals surface area (Å²) in [6.45, 7) is 4.50. The van der Waals surface area contributed by atoms with Gasteiger partial charge in [0.05, 0.1) is 5.92 Å². The lowest BCUT2D eigenvalue weighted by Gasteiger charge is -2.50. The third kappa shape index (κ3) is 4.86. The Balaban J connectivity index is 1.21. The summed E-state index contributed by atoms with van der Waals surface area (Å²) in [7, 11) is 0. The highest BCUT2D eigenvalue weighted by Crippen LogP contribution is 2.38. The largest absolute Gasteiger partial charge is 0.355 e. The SMILES string of the molecule is O=C(CCC1=NNC2N(Cc3ccccc3)C(=O)C3CCCCC3N12)NCCN1CCCC1. The third-order valence-corrected chi connectivity index (χ3v) is 7.57. The van der Waals surface area contributed by atoms with E-state index in [0.29, 0.717) is 25.9 Å². The molecule has 0 aromatic heterocycles. The van der Waals surface area contributed by atoms with Crippen LogP contribution in [0.3, 0.4) is 0 Å². The van der Waals surface area contributed by atoms with Gasteiger partial charge in [-0.15, -0.1) is 0 Å². The second kappa shape index (κ2) is 10.1. The number of benzene rings is 1. The van der Waals surface area contributed by atoms with Gasteiger partial charge in [0.1, 0.15) is 5.84 Å². The Morgan fingerprint density at radius 2 is 1.88 bits per heavy atom. The minimum Gasteiger partial charge on any atom is -0.355 e. The molecular weight excluding hydrogens is 416 g/mol. The zero-order valence-electron chi connectivity index (χ0n) is 19.4. The Hall–Kier alpha value is -2.61. The molecule has 1 aliphatic carbocycles. The number of amidine groups is 1. The molecule has 2 amide bonds. The second-order valence-electron chi connectivity index (χ2n) is 9.75. The van der Waals surface area contributed by atoms with E-state index in [9.17, 15) is 9.59 Å². The fourth-order valence-electron chi connectivity index (χ4n) is 5.85. The summed E-state index contributed by atoms with van der Waals surface area (Å²) < 4.78 is 0. The van der Waals surface area contributed by atoms with Crippen molar-refractivity contribution in [2.24, 2.45) is 11.0 Å². The monoisotopic (exact) mass is 452 g/mol. The Morgan fingerprint density at radius 1 is 1.09 bits per heavy atom. The van der Waals surface area contributed by atoms with E-state index in [4.69, 9.17) is 0 Å². The quantitative estimate of drug-likeness (QED) is 0.631.